The zero-order chi connectivity index (χ0) is 11.5. The molecule has 16 heavy (non-hydrogen) atoms. The maximum atomic E-state index is 12.9. The molecule has 1 saturated heterocycles. The van der Waals surface area contributed by atoms with Gasteiger partial charge in [0, 0.05) is 19.2 Å². The molecule has 2 heterocycles. The van der Waals surface area contributed by atoms with Gasteiger partial charge < -0.3 is 10.6 Å². The molecule has 0 unspecified atom stereocenters. The summed E-state index contributed by atoms with van der Waals surface area (Å²) in [7, 11) is 0. The van der Waals surface area contributed by atoms with Gasteiger partial charge in [0.15, 0.2) is 0 Å². The molecule has 1 aromatic rings. The number of carbonyl (C=O) groups is 1. The Kier molecular flexibility index (Phi) is 3.14. The van der Waals surface area contributed by atoms with E-state index in [2.05, 4.69) is 15.6 Å². The van der Waals surface area contributed by atoms with Crippen LogP contribution in [0.15, 0.2) is 18.3 Å². The van der Waals surface area contributed by atoms with Crippen LogP contribution in [0.1, 0.15) is 12.1 Å². The van der Waals surface area contributed by atoms with E-state index >= 15 is 0 Å². The topological polar surface area (TPSA) is 54.0 Å². The van der Waals surface area contributed by atoms with E-state index in [1.807, 2.05) is 6.92 Å². The summed E-state index contributed by atoms with van der Waals surface area (Å²) in [5.41, 5.74) is 1.43. The lowest BCUT2D eigenvalue weighted by Gasteiger charge is -2.11. The average molecular weight is 223 g/mol. The second-order valence-corrected chi connectivity index (χ2v) is 3.92. The second kappa shape index (κ2) is 4.57. The van der Waals surface area contributed by atoms with Gasteiger partial charge in [-0.15, -0.1) is 0 Å². The van der Waals surface area contributed by atoms with Crippen molar-refractivity contribution in [1.82, 2.24) is 10.3 Å². The van der Waals surface area contributed by atoms with E-state index < -0.39 is 12.2 Å². The number of rotatable bonds is 2. The molecule has 2 atom stereocenters. The van der Waals surface area contributed by atoms with Crippen molar-refractivity contribution in [1.29, 1.82) is 0 Å². The predicted molar refractivity (Wildman–Crippen MR) is 58.9 cm³/mol. The monoisotopic (exact) mass is 223 g/mol. The first-order valence-corrected chi connectivity index (χ1v) is 5.27. The van der Waals surface area contributed by atoms with Crippen LogP contribution >= 0.6 is 0 Å². The number of amides is 1. The Morgan fingerprint density at radius 2 is 2.50 bits per heavy atom. The van der Waals surface area contributed by atoms with E-state index in [1.165, 1.54) is 0 Å². The van der Waals surface area contributed by atoms with Gasteiger partial charge in [0.2, 0.25) is 5.91 Å². The summed E-state index contributed by atoms with van der Waals surface area (Å²) in [6, 6.07) is 3.10. The summed E-state index contributed by atoms with van der Waals surface area (Å²) in [5, 5.41) is 5.58. The first-order chi connectivity index (χ1) is 7.66. The third-order valence-electron chi connectivity index (χ3n) is 2.66. The molecule has 4 nitrogen and oxygen atoms in total. The van der Waals surface area contributed by atoms with Crippen molar-refractivity contribution in [3.05, 3.63) is 24.0 Å². The minimum absolute atomic E-state index is 0.198. The van der Waals surface area contributed by atoms with Crippen LogP contribution < -0.4 is 10.6 Å². The Morgan fingerprint density at radius 3 is 3.12 bits per heavy atom. The Morgan fingerprint density at radius 1 is 1.69 bits per heavy atom. The van der Waals surface area contributed by atoms with Crippen LogP contribution in [0.2, 0.25) is 0 Å². The third kappa shape index (κ3) is 2.36. The van der Waals surface area contributed by atoms with Crippen molar-refractivity contribution in [2.45, 2.75) is 25.6 Å². The van der Waals surface area contributed by atoms with Gasteiger partial charge in [0.05, 0.1) is 17.4 Å². The Labute approximate surface area is 93.3 Å². The summed E-state index contributed by atoms with van der Waals surface area (Å²) >= 11 is 0. The molecule has 86 valence electrons. The van der Waals surface area contributed by atoms with E-state index in [4.69, 9.17) is 0 Å². The average Bonchev–Trinajstić information content (AvgIpc) is 2.68. The molecule has 0 aliphatic carbocycles. The smallest absolute Gasteiger partial charge is 0.241 e. The van der Waals surface area contributed by atoms with E-state index in [9.17, 15) is 9.18 Å². The molecule has 0 saturated carbocycles. The zero-order valence-electron chi connectivity index (χ0n) is 9.03. The van der Waals surface area contributed by atoms with Gasteiger partial charge >= 0.3 is 0 Å². The van der Waals surface area contributed by atoms with Gasteiger partial charge in [-0.2, -0.15) is 0 Å². The lowest BCUT2D eigenvalue weighted by molar-refractivity contribution is -0.117. The number of anilines is 1. The largest absolute Gasteiger partial charge is 0.323 e. The molecule has 2 N–H and O–H groups in total. The van der Waals surface area contributed by atoms with E-state index in [1.54, 1.807) is 18.3 Å². The number of hydrogen-bond donors (Lipinski definition) is 2. The number of carbonyl (C=O) groups excluding carboxylic acids is 1. The van der Waals surface area contributed by atoms with Crippen LogP contribution in [0.3, 0.4) is 0 Å². The van der Waals surface area contributed by atoms with Gasteiger partial charge in [-0.3, -0.25) is 9.78 Å². The van der Waals surface area contributed by atoms with Gasteiger partial charge in [0.25, 0.3) is 0 Å². The third-order valence-corrected chi connectivity index (χ3v) is 2.66. The summed E-state index contributed by atoms with van der Waals surface area (Å²) in [6.07, 6.45) is 0.979. The molecule has 1 aromatic heterocycles. The number of aryl methyl sites for hydroxylation is 1. The molecule has 0 spiro atoms. The molecule has 1 aliphatic rings. The van der Waals surface area contributed by atoms with Crippen molar-refractivity contribution < 1.29 is 9.18 Å². The molecule has 1 amide bonds. The zero-order valence-corrected chi connectivity index (χ0v) is 9.03. The van der Waals surface area contributed by atoms with Crippen molar-refractivity contribution in [3.63, 3.8) is 0 Å². The van der Waals surface area contributed by atoms with E-state index in [0.29, 0.717) is 5.69 Å². The second-order valence-electron chi connectivity index (χ2n) is 3.92. The summed E-state index contributed by atoms with van der Waals surface area (Å²) in [6.45, 7) is 2.07. The highest BCUT2D eigenvalue weighted by molar-refractivity contribution is 5.95. The number of nitrogens with zero attached hydrogens (tertiary/aromatic N) is 1. The fourth-order valence-electron chi connectivity index (χ4n) is 1.73. The highest BCUT2D eigenvalue weighted by atomic mass is 19.1. The molecule has 1 fully saturated rings. The van der Waals surface area contributed by atoms with Gasteiger partial charge in [-0.25, -0.2) is 4.39 Å². The van der Waals surface area contributed by atoms with Crippen LogP contribution in [0.4, 0.5) is 10.1 Å². The van der Waals surface area contributed by atoms with Gasteiger partial charge in [0.1, 0.15) is 6.17 Å². The summed E-state index contributed by atoms with van der Waals surface area (Å²) in [4.78, 5) is 15.8. The minimum Gasteiger partial charge on any atom is -0.323 e. The van der Waals surface area contributed by atoms with Gasteiger partial charge in [-0.1, -0.05) is 0 Å². The van der Waals surface area contributed by atoms with Crippen molar-refractivity contribution >= 4 is 11.6 Å². The first-order valence-electron chi connectivity index (χ1n) is 5.27. The Bertz CT molecular complexity index is 397. The number of nitrogens with one attached hydrogen (secondary N) is 2. The van der Waals surface area contributed by atoms with Crippen LogP contribution in [0.25, 0.3) is 0 Å². The number of halogens is 1. The molecule has 0 bridgehead atoms. The van der Waals surface area contributed by atoms with Crippen LogP contribution in [-0.2, 0) is 4.79 Å². The quantitative estimate of drug-likeness (QED) is 0.787. The molecular formula is C11H14FN3O. The molecule has 2 rings (SSSR count). The fraction of sp³-hybridized carbons (Fsp3) is 0.455. The molecular weight excluding hydrogens is 209 g/mol. The van der Waals surface area contributed by atoms with Crippen LogP contribution in [0, 0.1) is 6.92 Å². The fourth-order valence-corrected chi connectivity index (χ4v) is 1.73. The summed E-state index contributed by atoms with van der Waals surface area (Å²) < 4.78 is 12.9. The van der Waals surface area contributed by atoms with Crippen LogP contribution in [0.5, 0.6) is 0 Å². The van der Waals surface area contributed by atoms with E-state index in [0.717, 1.165) is 5.69 Å². The maximum absolute atomic E-state index is 12.9. The molecule has 0 radical (unpaired) electrons. The summed E-state index contributed by atoms with van der Waals surface area (Å²) in [5.74, 6) is -0.198. The van der Waals surface area contributed by atoms with Crippen molar-refractivity contribution in [2.75, 3.05) is 11.9 Å². The van der Waals surface area contributed by atoms with E-state index in [-0.39, 0.29) is 18.9 Å². The first kappa shape index (κ1) is 11.0. The number of hydrogen-bond acceptors (Lipinski definition) is 3. The highest BCUT2D eigenvalue weighted by Crippen LogP contribution is 2.14. The number of alkyl halides is 1. The maximum Gasteiger partial charge on any atom is 0.241 e. The lowest BCUT2D eigenvalue weighted by Crippen LogP contribution is -2.35. The normalized spacial score (nSPS) is 24.4. The minimum atomic E-state index is -0.925. The molecule has 5 heteroatoms. The SMILES string of the molecule is Cc1ncccc1NC(=O)[C@H]1C[C@H](F)CN1. The van der Waals surface area contributed by atoms with Gasteiger partial charge in [-0.05, 0) is 19.1 Å². The Balaban J connectivity index is 2.00. The molecule has 0 aromatic carbocycles. The van der Waals surface area contributed by atoms with Crippen LogP contribution in [-0.4, -0.2) is 29.6 Å². The molecule has 1 aliphatic heterocycles. The Hall–Kier alpha value is -1.49. The lowest BCUT2D eigenvalue weighted by atomic mass is 10.2. The predicted octanol–water partition coefficient (Wildman–Crippen LogP) is 1.03. The number of pyridine rings is 1. The standard InChI is InChI=1S/C11H14FN3O/c1-7-9(3-2-4-13-7)15-11(16)10-5-8(12)6-14-10/h2-4,8,10,14H,5-6H2,1H3,(H,15,16)/t8-,10+/m0/s1. The van der Waals surface area contributed by atoms with Crippen molar-refractivity contribution in [2.24, 2.45) is 0 Å². The number of aromatic nitrogens is 1. The van der Waals surface area contributed by atoms with Crippen molar-refractivity contribution in [3.8, 4) is 0 Å². The highest BCUT2D eigenvalue weighted by Gasteiger charge is 2.29.